The molecule has 2 aromatic carbocycles. The molecule has 0 aliphatic carbocycles. The summed E-state index contributed by atoms with van der Waals surface area (Å²) >= 11 is 15.6. The van der Waals surface area contributed by atoms with Gasteiger partial charge in [0.2, 0.25) is 0 Å². The standard InChI is InChI=1S/C14H9BrCl2F2/c1-7-4-10(12(16)6-13(7)19)14(17)9-3-2-8(18)5-11(9)15/h2-6,14H,1H3. The molecule has 1 atom stereocenters. The minimum Gasteiger partial charge on any atom is -0.207 e. The molecule has 0 aliphatic heterocycles. The highest BCUT2D eigenvalue weighted by atomic mass is 79.9. The van der Waals surface area contributed by atoms with Crippen LogP contribution < -0.4 is 0 Å². The Labute approximate surface area is 128 Å². The molecule has 0 spiro atoms. The van der Waals surface area contributed by atoms with Crippen molar-refractivity contribution in [2.24, 2.45) is 0 Å². The average molecular weight is 366 g/mol. The Kier molecular flexibility index (Phi) is 4.49. The first kappa shape index (κ1) is 14.8. The second kappa shape index (κ2) is 5.78. The maximum absolute atomic E-state index is 13.4. The topological polar surface area (TPSA) is 0 Å². The lowest BCUT2D eigenvalue weighted by atomic mass is 10.0. The van der Waals surface area contributed by atoms with Gasteiger partial charge in [0.25, 0.3) is 0 Å². The Bertz CT molecular complexity index is 629. The van der Waals surface area contributed by atoms with Crippen molar-refractivity contribution in [1.29, 1.82) is 0 Å². The zero-order chi connectivity index (χ0) is 14.2. The van der Waals surface area contributed by atoms with Crippen molar-refractivity contribution in [3.63, 3.8) is 0 Å². The first-order chi connectivity index (χ1) is 8.90. The van der Waals surface area contributed by atoms with Gasteiger partial charge in [0, 0.05) is 9.50 Å². The van der Waals surface area contributed by atoms with E-state index in [1.54, 1.807) is 19.1 Å². The molecule has 1 unspecified atom stereocenters. The summed E-state index contributed by atoms with van der Waals surface area (Å²) in [5.74, 6) is -0.739. The predicted octanol–water partition coefficient (Wildman–Crippen LogP) is 6.02. The molecule has 0 N–H and O–H groups in total. The van der Waals surface area contributed by atoms with Gasteiger partial charge in [-0.15, -0.1) is 11.6 Å². The maximum atomic E-state index is 13.4. The number of benzene rings is 2. The molecule has 0 aromatic heterocycles. The predicted molar refractivity (Wildman–Crippen MR) is 77.9 cm³/mol. The lowest BCUT2D eigenvalue weighted by molar-refractivity contribution is 0.617. The van der Waals surface area contributed by atoms with Crippen molar-refractivity contribution in [1.82, 2.24) is 0 Å². The minimum absolute atomic E-state index is 0.249. The van der Waals surface area contributed by atoms with Gasteiger partial charge in [-0.05, 0) is 47.9 Å². The number of aryl methyl sites for hydroxylation is 1. The summed E-state index contributed by atoms with van der Waals surface area (Å²) in [4.78, 5) is 0. The molecular formula is C14H9BrCl2F2. The molecule has 0 saturated carbocycles. The van der Waals surface area contributed by atoms with Gasteiger partial charge >= 0.3 is 0 Å². The van der Waals surface area contributed by atoms with Crippen molar-refractivity contribution in [2.75, 3.05) is 0 Å². The molecule has 100 valence electrons. The van der Waals surface area contributed by atoms with Gasteiger partial charge in [-0.1, -0.05) is 33.6 Å². The van der Waals surface area contributed by atoms with E-state index in [0.29, 0.717) is 21.2 Å². The summed E-state index contributed by atoms with van der Waals surface area (Å²) in [5.41, 5.74) is 1.73. The summed E-state index contributed by atoms with van der Waals surface area (Å²) in [6.45, 7) is 1.64. The highest BCUT2D eigenvalue weighted by Crippen LogP contribution is 2.38. The lowest BCUT2D eigenvalue weighted by Crippen LogP contribution is -1.98. The van der Waals surface area contributed by atoms with Gasteiger partial charge in [0.05, 0.1) is 5.38 Å². The molecule has 2 rings (SSSR count). The van der Waals surface area contributed by atoms with Crippen LogP contribution in [0.3, 0.4) is 0 Å². The Hall–Kier alpha value is -0.640. The van der Waals surface area contributed by atoms with Crippen LogP contribution in [-0.4, -0.2) is 0 Å². The van der Waals surface area contributed by atoms with E-state index in [0.717, 1.165) is 0 Å². The number of hydrogen-bond donors (Lipinski definition) is 0. The monoisotopic (exact) mass is 364 g/mol. The average Bonchev–Trinajstić information content (AvgIpc) is 2.33. The largest absolute Gasteiger partial charge is 0.207 e. The zero-order valence-corrected chi connectivity index (χ0v) is 13.0. The van der Waals surface area contributed by atoms with E-state index in [1.807, 2.05) is 0 Å². The van der Waals surface area contributed by atoms with Crippen molar-refractivity contribution in [3.05, 3.63) is 68.2 Å². The molecule has 19 heavy (non-hydrogen) atoms. The third-order valence-corrected chi connectivity index (χ3v) is 4.27. The van der Waals surface area contributed by atoms with Crippen LogP contribution in [0.2, 0.25) is 5.02 Å². The van der Waals surface area contributed by atoms with E-state index in [4.69, 9.17) is 23.2 Å². The SMILES string of the molecule is Cc1cc(C(Cl)c2ccc(F)cc2Br)c(Cl)cc1F. The summed E-state index contributed by atoms with van der Waals surface area (Å²) < 4.78 is 27.0. The Balaban J connectivity index is 2.49. The molecular weight excluding hydrogens is 357 g/mol. The molecule has 0 fully saturated rings. The van der Waals surface area contributed by atoms with Crippen LogP contribution in [0.1, 0.15) is 22.1 Å². The Morgan fingerprint density at radius 2 is 1.79 bits per heavy atom. The quantitative estimate of drug-likeness (QED) is 0.571. The minimum atomic E-state index is -0.582. The lowest BCUT2D eigenvalue weighted by Gasteiger charge is -2.15. The van der Waals surface area contributed by atoms with E-state index in [1.165, 1.54) is 18.2 Å². The van der Waals surface area contributed by atoms with E-state index in [-0.39, 0.29) is 16.7 Å². The van der Waals surface area contributed by atoms with Crippen LogP contribution in [0.5, 0.6) is 0 Å². The molecule has 5 heteroatoms. The summed E-state index contributed by atoms with van der Waals surface area (Å²) in [7, 11) is 0. The zero-order valence-electron chi connectivity index (χ0n) is 9.85. The smallest absolute Gasteiger partial charge is 0.127 e. The van der Waals surface area contributed by atoms with Crippen molar-refractivity contribution in [3.8, 4) is 0 Å². The number of alkyl halides is 1. The van der Waals surface area contributed by atoms with Crippen LogP contribution in [0.15, 0.2) is 34.8 Å². The molecule has 0 nitrogen and oxygen atoms in total. The first-order valence-electron chi connectivity index (χ1n) is 5.44. The maximum Gasteiger partial charge on any atom is 0.127 e. The third kappa shape index (κ3) is 3.10. The van der Waals surface area contributed by atoms with Crippen LogP contribution in [0.25, 0.3) is 0 Å². The van der Waals surface area contributed by atoms with Crippen LogP contribution in [0.4, 0.5) is 8.78 Å². The van der Waals surface area contributed by atoms with Gasteiger partial charge in [-0.2, -0.15) is 0 Å². The van der Waals surface area contributed by atoms with Gasteiger partial charge in [0.1, 0.15) is 11.6 Å². The van der Waals surface area contributed by atoms with Crippen molar-refractivity contribution in [2.45, 2.75) is 12.3 Å². The summed E-state index contributed by atoms with van der Waals surface area (Å²) in [6, 6.07) is 7.06. The Morgan fingerprint density at radius 1 is 1.11 bits per heavy atom. The number of hydrogen-bond acceptors (Lipinski definition) is 0. The summed E-state index contributed by atoms with van der Waals surface area (Å²) in [5, 5.41) is -0.332. The molecule has 0 bridgehead atoms. The van der Waals surface area contributed by atoms with Gasteiger partial charge in [-0.25, -0.2) is 8.78 Å². The van der Waals surface area contributed by atoms with Gasteiger partial charge in [0.15, 0.2) is 0 Å². The molecule has 0 saturated heterocycles. The van der Waals surface area contributed by atoms with E-state index >= 15 is 0 Å². The summed E-state index contributed by atoms with van der Waals surface area (Å²) in [6.07, 6.45) is 0. The van der Waals surface area contributed by atoms with Gasteiger partial charge in [-0.3, -0.25) is 0 Å². The van der Waals surface area contributed by atoms with Crippen LogP contribution in [-0.2, 0) is 0 Å². The number of halogens is 5. The molecule has 2 aromatic rings. The molecule has 0 radical (unpaired) electrons. The van der Waals surface area contributed by atoms with Crippen molar-refractivity contribution >= 4 is 39.1 Å². The van der Waals surface area contributed by atoms with Crippen molar-refractivity contribution < 1.29 is 8.78 Å². The number of rotatable bonds is 2. The normalized spacial score (nSPS) is 12.5. The van der Waals surface area contributed by atoms with Crippen LogP contribution >= 0.6 is 39.1 Å². The van der Waals surface area contributed by atoms with Gasteiger partial charge < -0.3 is 0 Å². The Morgan fingerprint density at radius 3 is 2.42 bits per heavy atom. The fourth-order valence-electron chi connectivity index (χ4n) is 1.75. The highest BCUT2D eigenvalue weighted by molar-refractivity contribution is 9.10. The fraction of sp³-hybridized carbons (Fsp3) is 0.143. The molecule has 0 amide bonds. The highest BCUT2D eigenvalue weighted by Gasteiger charge is 2.18. The first-order valence-corrected chi connectivity index (χ1v) is 7.05. The van der Waals surface area contributed by atoms with E-state index < -0.39 is 5.38 Å². The van der Waals surface area contributed by atoms with E-state index in [2.05, 4.69) is 15.9 Å². The molecule has 0 aliphatic rings. The second-order valence-corrected chi connectivity index (χ2v) is 5.85. The fourth-order valence-corrected chi connectivity index (χ4v) is 3.15. The van der Waals surface area contributed by atoms with E-state index in [9.17, 15) is 8.78 Å². The second-order valence-electron chi connectivity index (χ2n) is 4.15. The van der Waals surface area contributed by atoms with Crippen LogP contribution in [0, 0.1) is 18.6 Å². The molecule has 0 heterocycles. The third-order valence-electron chi connectivity index (χ3n) is 2.79.